The smallest absolute Gasteiger partial charge is 0.244 e. The number of hydrogen-bond acceptors (Lipinski definition) is 4. The summed E-state index contributed by atoms with van der Waals surface area (Å²) in [5.41, 5.74) is 0.774. The number of nitrogens with zero attached hydrogens (tertiary/aromatic N) is 3. The van der Waals surface area contributed by atoms with Gasteiger partial charge >= 0.3 is 0 Å². The molecule has 2 rings (SSSR count). The first-order chi connectivity index (χ1) is 10.6. The van der Waals surface area contributed by atoms with Crippen molar-refractivity contribution < 1.29 is 8.42 Å². The fourth-order valence-corrected chi connectivity index (χ4v) is 4.34. The van der Waals surface area contributed by atoms with E-state index in [1.54, 1.807) is 42.7 Å². The molecule has 0 aliphatic rings. The molecule has 22 heavy (non-hydrogen) atoms. The van der Waals surface area contributed by atoms with E-state index in [-0.39, 0.29) is 24.4 Å². The second-order valence-electron chi connectivity index (χ2n) is 4.54. The van der Waals surface area contributed by atoms with E-state index in [0.717, 1.165) is 5.56 Å². The Kier molecular flexibility index (Phi) is 5.66. The van der Waals surface area contributed by atoms with Crippen LogP contribution in [0.5, 0.6) is 0 Å². The Bertz CT molecular complexity index is 773. The van der Waals surface area contributed by atoms with E-state index >= 15 is 0 Å². The van der Waals surface area contributed by atoms with Gasteiger partial charge in [-0.05, 0) is 39.7 Å². The molecule has 0 fully saturated rings. The van der Waals surface area contributed by atoms with Gasteiger partial charge in [-0.15, -0.1) is 0 Å². The van der Waals surface area contributed by atoms with Crippen LogP contribution in [0, 0.1) is 11.3 Å². The molecular weight excluding hydrogens is 366 g/mol. The highest BCUT2D eigenvalue weighted by molar-refractivity contribution is 9.10. The van der Waals surface area contributed by atoms with Crippen LogP contribution >= 0.6 is 15.9 Å². The number of benzene rings is 1. The van der Waals surface area contributed by atoms with Crippen molar-refractivity contribution in [3.63, 3.8) is 0 Å². The SMILES string of the molecule is N#CCCN(Cc1cccnc1)S(=O)(=O)c1ccccc1Br. The fourth-order valence-electron chi connectivity index (χ4n) is 1.95. The minimum atomic E-state index is -3.69. The maximum Gasteiger partial charge on any atom is 0.244 e. The predicted molar refractivity (Wildman–Crippen MR) is 86.2 cm³/mol. The molecule has 0 aliphatic heterocycles. The summed E-state index contributed by atoms with van der Waals surface area (Å²) in [5, 5.41) is 8.78. The van der Waals surface area contributed by atoms with E-state index in [2.05, 4.69) is 20.9 Å². The molecular formula is C15H14BrN3O2S. The molecule has 0 atom stereocenters. The first kappa shape index (κ1) is 16.6. The van der Waals surface area contributed by atoms with Gasteiger partial charge in [-0.1, -0.05) is 18.2 Å². The van der Waals surface area contributed by atoms with E-state index in [0.29, 0.717) is 4.47 Å². The molecule has 0 amide bonds. The number of pyridine rings is 1. The summed E-state index contributed by atoms with van der Waals surface area (Å²) in [6.07, 6.45) is 3.38. The molecule has 114 valence electrons. The molecule has 0 aliphatic carbocycles. The molecule has 0 radical (unpaired) electrons. The van der Waals surface area contributed by atoms with Gasteiger partial charge in [0.25, 0.3) is 0 Å². The Morgan fingerprint density at radius 2 is 2.00 bits per heavy atom. The number of rotatable bonds is 6. The largest absolute Gasteiger partial charge is 0.264 e. The van der Waals surface area contributed by atoms with E-state index in [1.165, 1.54) is 4.31 Å². The van der Waals surface area contributed by atoms with Crippen LogP contribution in [0.4, 0.5) is 0 Å². The van der Waals surface area contributed by atoms with Gasteiger partial charge in [0, 0.05) is 36.4 Å². The second-order valence-corrected chi connectivity index (χ2v) is 7.30. The highest BCUT2D eigenvalue weighted by Gasteiger charge is 2.26. The molecule has 1 aromatic carbocycles. The summed E-state index contributed by atoms with van der Waals surface area (Å²) < 4.78 is 27.5. The molecule has 0 N–H and O–H groups in total. The van der Waals surface area contributed by atoms with Crippen molar-refractivity contribution in [1.29, 1.82) is 5.26 Å². The van der Waals surface area contributed by atoms with Gasteiger partial charge in [-0.2, -0.15) is 9.57 Å². The summed E-state index contributed by atoms with van der Waals surface area (Å²) in [5.74, 6) is 0. The van der Waals surface area contributed by atoms with Gasteiger partial charge in [0.2, 0.25) is 10.0 Å². The highest BCUT2D eigenvalue weighted by atomic mass is 79.9. The summed E-state index contributed by atoms with van der Waals surface area (Å²) in [6.45, 7) is 0.314. The average Bonchev–Trinajstić information content (AvgIpc) is 2.52. The highest BCUT2D eigenvalue weighted by Crippen LogP contribution is 2.25. The summed E-state index contributed by atoms with van der Waals surface area (Å²) >= 11 is 3.27. The number of nitriles is 1. The summed E-state index contributed by atoms with van der Waals surface area (Å²) in [7, 11) is -3.69. The minimum absolute atomic E-state index is 0.129. The fraction of sp³-hybridized carbons (Fsp3) is 0.200. The van der Waals surface area contributed by atoms with Crippen LogP contribution in [0.25, 0.3) is 0 Å². The third-order valence-electron chi connectivity index (χ3n) is 3.01. The third-order valence-corrected chi connectivity index (χ3v) is 5.87. The molecule has 0 spiro atoms. The van der Waals surface area contributed by atoms with Crippen LogP contribution in [0.3, 0.4) is 0 Å². The maximum absolute atomic E-state index is 12.8. The van der Waals surface area contributed by atoms with Crippen molar-refractivity contribution in [2.45, 2.75) is 17.9 Å². The minimum Gasteiger partial charge on any atom is -0.264 e. The zero-order valence-electron chi connectivity index (χ0n) is 11.7. The molecule has 1 heterocycles. The first-order valence-electron chi connectivity index (χ1n) is 6.56. The molecule has 0 unspecified atom stereocenters. The van der Waals surface area contributed by atoms with Gasteiger partial charge in [0.1, 0.15) is 0 Å². The second kappa shape index (κ2) is 7.49. The lowest BCUT2D eigenvalue weighted by Crippen LogP contribution is -2.31. The molecule has 1 aromatic heterocycles. The molecule has 0 saturated carbocycles. The van der Waals surface area contributed by atoms with E-state index in [4.69, 9.17) is 5.26 Å². The number of halogens is 1. The van der Waals surface area contributed by atoms with E-state index < -0.39 is 10.0 Å². The molecule has 2 aromatic rings. The van der Waals surface area contributed by atoms with Crippen molar-refractivity contribution in [2.75, 3.05) is 6.54 Å². The average molecular weight is 380 g/mol. The predicted octanol–water partition coefficient (Wildman–Crippen LogP) is 2.95. The van der Waals surface area contributed by atoms with Crippen LogP contribution in [-0.2, 0) is 16.6 Å². The quantitative estimate of drug-likeness (QED) is 0.772. The Morgan fingerprint density at radius 3 is 2.64 bits per heavy atom. The molecule has 0 saturated heterocycles. The lowest BCUT2D eigenvalue weighted by atomic mass is 10.3. The Labute approximate surface area is 138 Å². The van der Waals surface area contributed by atoms with Gasteiger partial charge < -0.3 is 0 Å². The van der Waals surface area contributed by atoms with Crippen molar-refractivity contribution in [1.82, 2.24) is 9.29 Å². The summed E-state index contributed by atoms with van der Waals surface area (Å²) in [4.78, 5) is 4.19. The molecule has 0 bridgehead atoms. The number of sulfonamides is 1. The van der Waals surface area contributed by atoms with Crippen LogP contribution in [0.2, 0.25) is 0 Å². The van der Waals surface area contributed by atoms with Crippen molar-refractivity contribution in [2.24, 2.45) is 0 Å². The van der Waals surface area contributed by atoms with Crippen LogP contribution < -0.4 is 0 Å². The molecule has 7 heteroatoms. The zero-order chi connectivity index (χ0) is 16.0. The van der Waals surface area contributed by atoms with E-state index in [1.807, 2.05) is 12.1 Å². The van der Waals surface area contributed by atoms with E-state index in [9.17, 15) is 8.42 Å². The monoisotopic (exact) mass is 379 g/mol. The number of aromatic nitrogens is 1. The lowest BCUT2D eigenvalue weighted by Gasteiger charge is -2.21. The van der Waals surface area contributed by atoms with Crippen LogP contribution in [0.1, 0.15) is 12.0 Å². The maximum atomic E-state index is 12.8. The van der Waals surface area contributed by atoms with Crippen molar-refractivity contribution in [3.8, 4) is 6.07 Å². The lowest BCUT2D eigenvalue weighted by molar-refractivity contribution is 0.412. The summed E-state index contributed by atoms with van der Waals surface area (Å²) in [6, 6.07) is 12.2. The molecule has 5 nitrogen and oxygen atoms in total. The topological polar surface area (TPSA) is 74.1 Å². The van der Waals surface area contributed by atoms with Gasteiger partial charge in [-0.3, -0.25) is 4.98 Å². The van der Waals surface area contributed by atoms with Crippen molar-refractivity contribution in [3.05, 3.63) is 58.8 Å². The Balaban J connectivity index is 2.36. The standard InChI is InChI=1S/C15H14BrN3O2S/c16-14-6-1-2-7-15(14)22(20,21)19(10-4-8-17)12-13-5-3-9-18-11-13/h1-3,5-7,9,11H,4,10,12H2. The van der Waals surface area contributed by atoms with Gasteiger partial charge in [-0.25, -0.2) is 8.42 Å². The third kappa shape index (κ3) is 3.91. The Hall–Kier alpha value is -1.75. The van der Waals surface area contributed by atoms with Crippen molar-refractivity contribution >= 4 is 26.0 Å². The normalized spacial score (nSPS) is 11.3. The van der Waals surface area contributed by atoms with Gasteiger partial charge in [0.05, 0.1) is 11.0 Å². The Morgan fingerprint density at radius 1 is 1.23 bits per heavy atom. The van der Waals surface area contributed by atoms with Crippen LogP contribution in [-0.4, -0.2) is 24.3 Å². The zero-order valence-corrected chi connectivity index (χ0v) is 14.1. The van der Waals surface area contributed by atoms with Crippen LogP contribution in [0.15, 0.2) is 58.2 Å². The van der Waals surface area contributed by atoms with Gasteiger partial charge in [0.15, 0.2) is 0 Å². The number of hydrogen-bond donors (Lipinski definition) is 0. The first-order valence-corrected chi connectivity index (χ1v) is 8.79.